The summed E-state index contributed by atoms with van der Waals surface area (Å²) >= 11 is 0.488. The molecule has 7 nitrogen and oxygen atoms in total. The van der Waals surface area contributed by atoms with Crippen LogP contribution in [0.3, 0.4) is 0 Å². The van der Waals surface area contributed by atoms with Crippen molar-refractivity contribution in [3.8, 4) is 5.75 Å². The molecular weight excluding hydrogens is 430 g/mol. The van der Waals surface area contributed by atoms with Gasteiger partial charge in [-0.15, -0.1) is 0 Å². The van der Waals surface area contributed by atoms with Crippen LogP contribution in [0.2, 0.25) is 0 Å². The van der Waals surface area contributed by atoms with Crippen molar-refractivity contribution in [1.29, 1.82) is 0 Å². The van der Waals surface area contributed by atoms with E-state index in [9.17, 15) is 23.2 Å². The number of nitrogens with one attached hydrogen (secondary N) is 1. The minimum atomic E-state index is -2.47. The second-order valence-corrected chi connectivity index (χ2v) is 7.52. The molecule has 1 aliphatic rings. The van der Waals surface area contributed by atoms with Crippen LogP contribution in [-0.2, 0) is 20.1 Å². The topological polar surface area (TPSA) is 84.9 Å². The van der Waals surface area contributed by atoms with Gasteiger partial charge in [-0.3, -0.25) is 9.59 Å². The van der Waals surface area contributed by atoms with Gasteiger partial charge in [-0.05, 0) is 29.8 Å². The van der Waals surface area contributed by atoms with E-state index in [2.05, 4.69) is 5.32 Å². The molecule has 0 aliphatic carbocycles. The number of ether oxygens (including phenoxy) is 2. The lowest BCUT2D eigenvalue weighted by Gasteiger charge is -2.33. The minimum Gasteiger partial charge on any atom is -0.477 e. The van der Waals surface area contributed by atoms with Crippen LogP contribution in [-0.4, -0.2) is 49.8 Å². The second kappa shape index (κ2) is 10.3. The molecule has 2 aromatic carbocycles. The van der Waals surface area contributed by atoms with Gasteiger partial charge >= 0.3 is 5.97 Å². The molecule has 1 unspecified atom stereocenters. The van der Waals surface area contributed by atoms with Crippen molar-refractivity contribution in [2.45, 2.75) is 17.6 Å². The highest BCUT2D eigenvalue weighted by Gasteiger charge is 2.33. The fourth-order valence-electron chi connectivity index (χ4n) is 2.95. The summed E-state index contributed by atoms with van der Waals surface area (Å²) in [5.41, 5.74) is 1.32. The first kappa shape index (κ1) is 22.5. The first-order valence-corrected chi connectivity index (χ1v) is 10.4. The fourth-order valence-corrected chi connectivity index (χ4v) is 3.46. The van der Waals surface area contributed by atoms with Gasteiger partial charge in [-0.2, -0.15) is 8.78 Å². The third-order valence-corrected chi connectivity index (χ3v) is 5.26. The SMILES string of the molecule is CNC(=O)C1CN(C(=O)COC(=O)c2ccc(CSC(F)F)cc2)c2ccccc2O1. The normalized spacial score (nSPS) is 15.1. The van der Waals surface area contributed by atoms with E-state index < -0.39 is 30.3 Å². The lowest BCUT2D eigenvalue weighted by molar-refractivity contribution is -0.128. The number of likely N-dealkylation sites (N-methyl/N-ethyl adjacent to an activating group) is 1. The molecular formula is C21H20F2N2O5S. The van der Waals surface area contributed by atoms with Crippen molar-refractivity contribution in [1.82, 2.24) is 5.32 Å². The van der Waals surface area contributed by atoms with Gasteiger partial charge in [-0.25, -0.2) is 4.79 Å². The highest BCUT2D eigenvalue weighted by Crippen LogP contribution is 2.33. The number of esters is 1. The van der Waals surface area contributed by atoms with Crippen molar-refractivity contribution >= 4 is 35.2 Å². The standard InChI is InChI=1S/C21H20F2N2O5S/c1-24-19(27)17-10-25(15-4-2-3-5-16(15)30-17)18(26)11-29-20(28)14-8-6-13(7-9-14)12-31-21(22)23/h2-9,17,21H,10-12H2,1H3,(H,24,27). The number of nitrogens with zero attached hydrogens (tertiary/aromatic N) is 1. The molecule has 1 aliphatic heterocycles. The third-order valence-electron chi connectivity index (χ3n) is 4.51. The van der Waals surface area contributed by atoms with Crippen molar-refractivity contribution in [3.05, 3.63) is 59.7 Å². The van der Waals surface area contributed by atoms with Crippen LogP contribution in [0.15, 0.2) is 48.5 Å². The van der Waals surface area contributed by atoms with Crippen molar-refractivity contribution in [2.75, 3.05) is 25.1 Å². The van der Waals surface area contributed by atoms with E-state index >= 15 is 0 Å². The quantitative estimate of drug-likeness (QED) is 0.653. The monoisotopic (exact) mass is 450 g/mol. The molecule has 0 aromatic heterocycles. The summed E-state index contributed by atoms with van der Waals surface area (Å²) in [4.78, 5) is 38.4. The average molecular weight is 450 g/mol. The second-order valence-electron chi connectivity index (χ2n) is 6.54. The van der Waals surface area contributed by atoms with Crippen LogP contribution in [0.25, 0.3) is 0 Å². The van der Waals surface area contributed by atoms with E-state index in [4.69, 9.17) is 9.47 Å². The molecule has 0 bridgehead atoms. The molecule has 0 saturated heterocycles. The number of hydrogen-bond acceptors (Lipinski definition) is 6. The van der Waals surface area contributed by atoms with Crippen LogP contribution in [0.5, 0.6) is 5.75 Å². The van der Waals surface area contributed by atoms with Gasteiger partial charge in [0, 0.05) is 12.8 Å². The number of fused-ring (bicyclic) bond motifs is 1. The number of anilines is 1. The zero-order valence-corrected chi connectivity index (χ0v) is 17.4. The first-order chi connectivity index (χ1) is 14.9. The van der Waals surface area contributed by atoms with E-state index in [1.54, 1.807) is 36.4 Å². The van der Waals surface area contributed by atoms with Gasteiger partial charge in [-0.1, -0.05) is 36.0 Å². The molecule has 31 heavy (non-hydrogen) atoms. The molecule has 0 saturated carbocycles. The van der Waals surface area contributed by atoms with Crippen LogP contribution >= 0.6 is 11.8 Å². The summed E-state index contributed by atoms with van der Waals surface area (Å²) in [6, 6.07) is 12.8. The predicted octanol–water partition coefficient (Wildman–Crippen LogP) is 2.84. The Bertz CT molecular complexity index is 955. The summed E-state index contributed by atoms with van der Waals surface area (Å²) in [5, 5.41) is 2.49. The number of rotatable bonds is 7. The summed E-state index contributed by atoms with van der Waals surface area (Å²) in [6.45, 7) is -0.555. The highest BCUT2D eigenvalue weighted by molar-refractivity contribution is 7.98. The average Bonchev–Trinajstić information content (AvgIpc) is 2.79. The molecule has 1 heterocycles. The first-order valence-electron chi connectivity index (χ1n) is 9.32. The Morgan fingerprint density at radius 1 is 1.19 bits per heavy atom. The molecule has 1 atom stereocenters. The maximum atomic E-state index is 12.7. The number of carbonyl (C=O) groups is 3. The Balaban J connectivity index is 1.63. The van der Waals surface area contributed by atoms with Crippen LogP contribution in [0, 0.1) is 0 Å². The Kier molecular flexibility index (Phi) is 7.45. The largest absolute Gasteiger partial charge is 0.477 e. The van der Waals surface area contributed by atoms with E-state index in [0.29, 0.717) is 28.8 Å². The smallest absolute Gasteiger partial charge is 0.338 e. The molecule has 164 valence electrons. The van der Waals surface area contributed by atoms with Gasteiger partial charge in [0.1, 0.15) is 5.75 Å². The van der Waals surface area contributed by atoms with Gasteiger partial charge in [0.25, 0.3) is 17.6 Å². The van der Waals surface area contributed by atoms with Gasteiger partial charge in [0.15, 0.2) is 12.7 Å². The minimum absolute atomic E-state index is 0.0242. The number of alkyl halides is 2. The molecule has 1 N–H and O–H groups in total. The van der Waals surface area contributed by atoms with Crippen molar-refractivity contribution in [3.63, 3.8) is 0 Å². The molecule has 2 amide bonds. The zero-order chi connectivity index (χ0) is 22.4. The highest BCUT2D eigenvalue weighted by atomic mass is 32.2. The number of thioether (sulfide) groups is 1. The fraction of sp³-hybridized carbons (Fsp3) is 0.286. The maximum absolute atomic E-state index is 12.7. The van der Waals surface area contributed by atoms with E-state index in [-0.39, 0.29) is 23.8 Å². The van der Waals surface area contributed by atoms with Gasteiger partial charge in [0.05, 0.1) is 17.8 Å². The van der Waals surface area contributed by atoms with Crippen molar-refractivity contribution in [2.24, 2.45) is 0 Å². The van der Waals surface area contributed by atoms with Gasteiger partial charge < -0.3 is 19.7 Å². The summed E-state index contributed by atoms with van der Waals surface area (Å²) in [7, 11) is 1.47. The zero-order valence-electron chi connectivity index (χ0n) is 16.5. The number of halogens is 2. The molecule has 3 rings (SSSR count). The van der Waals surface area contributed by atoms with Crippen LogP contribution < -0.4 is 15.0 Å². The molecule has 10 heteroatoms. The van der Waals surface area contributed by atoms with Crippen molar-refractivity contribution < 1.29 is 32.6 Å². The number of para-hydroxylation sites is 2. The number of hydrogen-bond donors (Lipinski definition) is 1. The van der Waals surface area contributed by atoms with Crippen LogP contribution in [0.4, 0.5) is 14.5 Å². The third kappa shape index (κ3) is 5.72. The molecule has 2 aromatic rings. The Morgan fingerprint density at radius 3 is 2.58 bits per heavy atom. The van der Waals surface area contributed by atoms with E-state index in [1.165, 1.54) is 24.1 Å². The number of benzene rings is 2. The van der Waals surface area contributed by atoms with Crippen LogP contribution in [0.1, 0.15) is 15.9 Å². The molecule has 0 fully saturated rings. The maximum Gasteiger partial charge on any atom is 0.338 e. The molecule has 0 spiro atoms. The lowest BCUT2D eigenvalue weighted by Crippen LogP contribution is -2.51. The lowest BCUT2D eigenvalue weighted by atomic mass is 10.1. The Hall–Kier alpha value is -3.14. The number of amides is 2. The van der Waals surface area contributed by atoms with E-state index in [1.807, 2.05) is 0 Å². The number of carbonyl (C=O) groups excluding carboxylic acids is 3. The molecule has 0 radical (unpaired) electrons. The summed E-state index contributed by atoms with van der Waals surface area (Å²) in [5.74, 6) is -3.58. The summed E-state index contributed by atoms with van der Waals surface area (Å²) < 4.78 is 35.3. The predicted molar refractivity (Wildman–Crippen MR) is 111 cm³/mol. The van der Waals surface area contributed by atoms with E-state index in [0.717, 1.165) is 0 Å². The Labute approximate surface area is 181 Å². The Morgan fingerprint density at radius 2 is 1.90 bits per heavy atom. The summed E-state index contributed by atoms with van der Waals surface area (Å²) in [6.07, 6.45) is -0.891. The van der Waals surface area contributed by atoms with Gasteiger partial charge in [0.2, 0.25) is 0 Å².